The Balaban J connectivity index is 1.72. The molecule has 134 valence electrons. The molecule has 0 aliphatic rings. The molecule has 0 fully saturated rings. The number of amides is 1. The first-order chi connectivity index (χ1) is 12.5. The monoisotopic (exact) mass is 355 g/mol. The van der Waals surface area contributed by atoms with Crippen LogP contribution in [0.4, 0.5) is 4.39 Å². The highest BCUT2D eigenvalue weighted by Gasteiger charge is 2.12. The Morgan fingerprint density at radius 3 is 2.58 bits per heavy atom. The average molecular weight is 355 g/mol. The molecule has 0 saturated heterocycles. The molecule has 1 heterocycles. The molecule has 1 amide bonds. The van der Waals surface area contributed by atoms with E-state index in [1.165, 1.54) is 16.7 Å². The van der Waals surface area contributed by atoms with Crippen LogP contribution in [0.5, 0.6) is 0 Å². The van der Waals surface area contributed by atoms with E-state index in [9.17, 15) is 18.8 Å². The third-order valence-electron chi connectivity index (χ3n) is 4.22. The highest BCUT2D eigenvalue weighted by molar-refractivity contribution is 5.79. The second-order valence-electron chi connectivity index (χ2n) is 6.02. The van der Waals surface area contributed by atoms with Crippen molar-refractivity contribution in [2.45, 2.75) is 25.9 Å². The smallest absolute Gasteiger partial charge is 0.328 e. The number of carbonyl (C=O) groups is 1. The van der Waals surface area contributed by atoms with E-state index in [2.05, 4.69) is 10.3 Å². The maximum atomic E-state index is 13.0. The lowest BCUT2D eigenvalue weighted by molar-refractivity contribution is -0.121. The minimum absolute atomic E-state index is 0.0709. The number of para-hydroxylation sites is 1. The van der Waals surface area contributed by atoms with Gasteiger partial charge in [0.05, 0.1) is 16.9 Å². The van der Waals surface area contributed by atoms with Gasteiger partial charge in [0.25, 0.3) is 5.56 Å². The highest BCUT2D eigenvalue weighted by atomic mass is 19.1. The number of carbonyl (C=O) groups excluding carboxylic acids is 1. The number of aromatic amines is 1. The molecule has 0 radical (unpaired) electrons. The first kappa shape index (κ1) is 17.6. The van der Waals surface area contributed by atoms with Gasteiger partial charge in [-0.2, -0.15) is 0 Å². The molecule has 3 rings (SSSR count). The summed E-state index contributed by atoms with van der Waals surface area (Å²) in [6, 6.07) is 12.4. The van der Waals surface area contributed by atoms with E-state index in [-0.39, 0.29) is 30.7 Å². The Morgan fingerprint density at radius 1 is 1.15 bits per heavy atom. The Hall–Kier alpha value is -3.22. The summed E-state index contributed by atoms with van der Waals surface area (Å²) >= 11 is 0. The zero-order valence-corrected chi connectivity index (χ0v) is 14.2. The van der Waals surface area contributed by atoms with Gasteiger partial charge in [0.15, 0.2) is 0 Å². The summed E-state index contributed by atoms with van der Waals surface area (Å²) in [5, 5.41) is 3.21. The molecule has 6 nitrogen and oxygen atoms in total. The number of hydrogen-bond donors (Lipinski definition) is 2. The summed E-state index contributed by atoms with van der Waals surface area (Å²) in [7, 11) is 0. The standard InChI is InChI=1S/C19H18FN3O3/c1-12(13-6-8-14(20)9-7-13)21-17(24)10-11-23-16-5-3-2-4-15(16)18(25)22-19(23)26/h2-9,12H,10-11H2,1H3,(H,21,24)(H,22,25,26). The van der Waals surface area contributed by atoms with Crippen molar-refractivity contribution >= 4 is 16.8 Å². The zero-order valence-electron chi connectivity index (χ0n) is 14.2. The van der Waals surface area contributed by atoms with Gasteiger partial charge in [-0.3, -0.25) is 19.1 Å². The van der Waals surface area contributed by atoms with Crippen molar-refractivity contribution in [3.8, 4) is 0 Å². The van der Waals surface area contributed by atoms with Gasteiger partial charge >= 0.3 is 5.69 Å². The number of benzene rings is 2. The maximum absolute atomic E-state index is 13.0. The van der Waals surface area contributed by atoms with E-state index in [0.717, 1.165) is 5.56 Å². The number of halogens is 1. The van der Waals surface area contributed by atoms with E-state index in [0.29, 0.717) is 10.9 Å². The van der Waals surface area contributed by atoms with Crippen molar-refractivity contribution in [2.75, 3.05) is 0 Å². The Kier molecular flexibility index (Phi) is 4.97. The molecule has 1 unspecified atom stereocenters. The summed E-state index contributed by atoms with van der Waals surface area (Å²) in [4.78, 5) is 38.4. The molecule has 2 aromatic carbocycles. The summed E-state index contributed by atoms with van der Waals surface area (Å²) < 4.78 is 14.3. The molecule has 3 aromatic rings. The summed E-state index contributed by atoms with van der Waals surface area (Å²) in [5.41, 5.74) is 0.274. The van der Waals surface area contributed by atoms with Crippen molar-refractivity contribution in [3.63, 3.8) is 0 Å². The Morgan fingerprint density at radius 2 is 1.85 bits per heavy atom. The van der Waals surface area contributed by atoms with E-state index < -0.39 is 11.2 Å². The van der Waals surface area contributed by atoms with Crippen LogP contribution in [0.2, 0.25) is 0 Å². The van der Waals surface area contributed by atoms with Gasteiger partial charge in [0.2, 0.25) is 5.91 Å². The normalized spacial score (nSPS) is 12.1. The number of nitrogens with one attached hydrogen (secondary N) is 2. The van der Waals surface area contributed by atoms with Crippen LogP contribution in [0, 0.1) is 5.82 Å². The number of hydrogen-bond acceptors (Lipinski definition) is 3. The van der Waals surface area contributed by atoms with Crippen LogP contribution in [0.3, 0.4) is 0 Å². The molecule has 0 spiro atoms. The largest absolute Gasteiger partial charge is 0.350 e. The van der Waals surface area contributed by atoms with Gasteiger partial charge in [0.1, 0.15) is 5.82 Å². The molecular formula is C19H18FN3O3. The van der Waals surface area contributed by atoms with Crippen LogP contribution in [0.1, 0.15) is 24.9 Å². The topological polar surface area (TPSA) is 84.0 Å². The van der Waals surface area contributed by atoms with Crippen LogP contribution < -0.4 is 16.6 Å². The third-order valence-corrected chi connectivity index (χ3v) is 4.22. The van der Waals surface area contributed by atoms with Gasteiger partial charge in [-0.1, -0.05) is 24.3 Å². The van der Waals surface area contributed by atoms with Gasteiger partial charge in [0, 0.05) is 13.0 Å². The SMILES string of the molecule is CC(NC(=O)CCn1c(=O)[nH]c(=O)c2ccccc21)c1ccc(F)cc1. The van der Waals surface area contributed by atoms with E-state index in [4.69, 9.17) is 0 Å². The van der Waals surface area contributed by atoms with Crippen molar-refractivity contribution in [2.24, 2.45) is 0 Å². The molecule has 0 aliphatic heterocycles. The van der Waals surface area contributed by atoms with Crippen LogP contribution in [-0.4, -0.2) is 15.5 Å². The number of aryl methyl sites for hydroxylation is 1. The lowest BCUT2D eigenvalue weighted by Crippen LogP contribution is -2.33. The first-order valence-electron chi connectivity index (χ1n) is 8.22. The molecular weight excluding hydrogens is 337 g/mol. The van der Waals surface area contributed by atoms with Crippen LogP contribution in [-0.2, 0) is 11.3 Å². The second-order valence-corrected chi connectivity index (χ2v) is 6.02. The highest BCUT2D eigenvalue weighted by Crippen LogP contribution is 2.13. The molecule has 26 heavy (non-hydrogen) atoms. The molecule has 1 aromatic heterocycles. The van der Waals surface area contributed by atoms with Crippen molar-refractivity contribution in [1.82, 2.24) is 14.9 Å². The van der Waals surface area contributed by atoms with Gasteiger partial charge < -0.3 is 5.32 Å². The quantitative estimate of drug-likeness (QED) is 0.735. The predicted octanol–water partition coefficient (Wildman–Crippen LogP) is 2.10. The molecule has 0 saturated carbocycles. The van der Waals surface area contributed by atoms with Crippen LogP contribution in [0.15, 0.2) is 58.1 Å². The lowest BCUT2D eigenvalue weighted by atomic mass is 10.1. The van der Waals surface area contributed by atoms with Crippen molar-refractivity contribution in [1.29, 1.82) is 0 Å². The van der Waals surface area contributed by atoms with E-state index >= 15 is 0 Å². The Labute approximate surface area is 148 Å². The second kappa shape index (κ2) is 7.35. The number of H-pyrrole nitrogens is 1. The maximum Gasteiger partial charge on any atom is 0.328 e. The van der Waals surface area contributed by atoms with E-state index in [1.54, 1.807) is 43.3 Å². The minimum atomic E-state index is -0.548. The summed E-state index contributed by atoms with van der Waals surface area (Å²) in [6.45, 7) is 1.94. The van der Waals surface area contributed by atoms with Crippen LogP contribution >= 0.6 is 0 Å². The fraction of sp³-hybridized carbons (Fsp3) is 0.211. The summed E-state index contributed by atoms with van der Waals surface area (Å²) in [5.74, 6) is -0.583. The molecule has 0 aliphatic carbocycles. The third kappa shape index (κ3) is 3.72. The Bertz CT molecular complexity index is 1050. The van der Waals surface area contributed by atoms with Gasteiger partial charge in [-0.05, 0) is 36.8 Å². The zero-order chi connectivity index (χ0) is 18.7. The molecule has 2 N–H and O–H groups in total. The van der Waals surface area contributed by atoms with Crippen LogP contribution in [0.25, 0.3) is 10.9 Å². The molecule has 1 atom stereocenters. The van der Waals surface area contributed by atoms with Crippen molar-refractivity contribution in [3.05, 3.63) is 80.7 Å². The van der Waals surface area contributed by atoms with Gasteiger partial charge in [-0.25, -0.2) is 9.18 Å². The van der Waals surface area contributed by atoms with Crippen molar-refractivity contribution < 1.29 is 9.18 Å². The lowest BCUT2D eigenvalue weighted by Gasteiger charge is -2.15. The molecule has 0 bridgehead atoms. The predicted molar refractivity (Wildman–Crippen MR) is 96.4 cm³/mol. The number of rotatable bonds is 5. The first-order valence-corrected chi connectivity index (χ1v) is 8.22. The molecule has 7 heteroatoms. The fourth-order valence-corrected chi connectivity index (χ4v) is 2.83. The number of nitrogens with zero attached hydrogens (tertiary/aromatic N) is 1. The average Bonchev–Trinajstić information content (AvgIpc) is 2.62. The fourth-order valence-electron chi connectivity index (χ4n) is 2.83. The minimum Gasteiger partial charge on any atom is -0.350 e. The number of aromatic nitrogens is 2. The van der Waals surface area contributed by atoms with E-state index in [1.807, 2.05) is 0 Å². The van der Waals surface area contributed by atoms with Gasteiger partial charge in [-0.15, -0.1) is 0 Å². The summed E-state index contributed by atoms with van der Waals surface area (Å²) in [6.07, 6.45) is 0.0709. The number of fused-ring (bicyclic) bond motifs is 1.